The third-order valence-corrected chi connectivity index (χ3v) is 0.481. The standard InChI is InChI=1S/CH3B2IO/c1-3(4)2-5/h1H3. The van der Waals surface area contributed by atoms with Gasteiger partial charge in [0.25, 0.3) is 0 Å². The van der Waals surface area contributed by atoms with Crippen LogP contribution in [0, 0.1) is 0 Å². The first kappa shape index (κ1) is 5.66. The topological polar surface area (TPSA) is 17.1 Å². The molecule has 5 heavy (non-hydrogen) atoms. The molecular formula is CH3B2IO. The summed E-state index contributed by atoms with van der Waals surface area (Å²) < 4.78 is 9.67. The van der Waals surface area contributed by atoms with Crippen LogP contribution in [0.15, 0.2) is 0 Å². The summed E-state index contributed by atoms with van der Waals surface area (Å²) in [6, 6.07) is 0. The van der Waals surface area contributed by atoms with Gasteiger partial charge in [0.2, 0.25) is 0 Å². The van der Waals surface area contributed by atoms with Gasteiger partial charge < -0.3 is 0 Å². The van der Waals surface area contributed by atoms with Crippen molar-refractivity contribution in [1.29, 1.82) is 0 Å². The molecule has 0 N–H and O–H groups in total. The quantitative estimate of drug-likeness (QED) is 0.425. The summed E-state index contributed by atoms with van der Waals surface area (Å²) in [5.41, 5.74) is 0. The first-order chi connectivity index (χ1) is 2.27. The van der Waals surface area contributed by atoms with Crippen LogP contribution in [0.2, 0.25) is 6.82 Å². The van der Waals surface area contributed by atoms with Gasteiger partial charge in [-0.1, -0.05) is 0 Å². The van der Waals surface area contributed by atoms with Gasteiger partial charge in [0.05, 0.1) is 0 Å². The number of hydrogen-bond donors (Lipinski definition) is 0. The molecule has 0 radical (unpaired) electrons. The van der Waals surface area contributed by atoms with Gasteiger partial charge in [-0.15, -0.1) is 0 Å². The molecule has 0 aliphatic rings. The zero-order valence-corrected chi connectivity index (χ0v) is 5.10. The summed E-state index contributed by atoms with van der Waals surface area (Å²) in [7, 11) is 0.903. The van der Waals surface area contributed by atoms with Gasteiger partial charge in [-0.2, -0.15) is 0 Å². The predicted octanol–water partition coefficient (Wildman–Crippen LogP) is 0.589. The van der Waals surface area contributed by atoms with E-state index in [1.807, 2.05) is 29.2 Å². The average Bonchev–Trinajstić information content (AvgIpc) is 1.38. The molecule has 0 unspecified atom stereocenters. The molecule has 0 aliphatic carbocycles. The van der Waals surface area contributed by atoms with Crippen molar-refractivity contribution in [3.05, 3.63) is 0 Å². The van der Waals surface area contributed by atoms with Crippen LogP contribution >= 0.6 is 22.4 Å². The summed E-state index contributed by atoms with van der Waals surface area (Å²) in [5.74, 6) is 0. The van der Waals surface area contributed by atoms with Gasteiger partial charge in [0, 0.05) is 0 Å². The molecule has 0 aromatic heterocycles. The molecule has 0 amide bonds. The molecule has 0 atom stereocenters. The van der Waals surface area contributed by atoms with Gasteiger partial charge in [-0.3, -0.25) is 0 Å². The maximum absolute atomic E-state index is 9.50. The zero-order chi connectivity index (χ0) is 4.28. The molecule has 0 fully saturated rings. The number of halogens is 1. The van der Waals surface area contributed by atoms with Crippen LogP contribution in [0.1, 0.15) is 0 Å². The minimum absolute atomic E-state index is 0.174. The van der Waals surface area contributed by atoms with Crippen LogP contribution in [0.25, 0.3) is 0 Å². The SMILES string of the molecule is CB(I)B=O. The van der Waals surface area contributed by atoms with Crippen LogP contribution in [0.3, 0.4) is 0 Å². The van der Waals surface area contributed by atoms with Crippen molar-refractivity contribution >= 4 is 33.9 Å². The third kappa shape index (κ3) is 4.66. The Balaban J connectivity index is 2.83. The molecule has 0 heterocycles. The van der Waals surface area contributed by atoms with Crippen LogP contribution in [0.4, 0.5) is 0 Å². The summed E-state index contributed by atoms with van der Waals surface area (Å²) >= 11 is 2.04. The molecule has 26 valence electrons. The van der Waals surface area contributed by atoms with E-state index in [2.05, 4.69) is 0 Å². The molecule has 0 aromatic rings. The van der Waals surface area contributed by atoms with Crippen molar-refractivity contribution in [2.24, 2.45) is 0 Å². The van der Waals surface area contributed by atoms with E-state index in [9.17, 15) is 4.70 Å². The molecule has 0 aromatic carbocycles. The Labute approximate surface area is 45.7 Å². The summed E-state index contributed by atoms with van der Waals surface area (Å²) in [6.07, 6.45) is 0. The fourth-order valence-electron chi connectivity index (χ4n) is 0. The Morgan fingerprint density at radius 2 is 2.20 bits per heavy atom. The fourth-order valence-corrected chi connectivity index (χ4v) is 0. The molecule has 0 aliphatic heterocycles. The van der Waals surface area contributed by atoms with Crippen molar-refractivity contribution < 1.29 is 4.70 Å². The second kappa shape index (κ2) is 2.87. The first-order valence-corrected chi connectivity index (χ1v) is 2.61. The van der Waals surface area contributed by atoms with Gasteiger partial charge in [0.1, 0.15) is 0 Å². The predicted molar refractivity (Wildman–Crippen MR) is 32.1 cm³/mol. The van der Waals surface area contributed by atoms with E-state index in [0.717, 1.165) is 7.04 Å². The second-order valence-corrected chi connectivity index (χ2v) is 2.78. The fraction of sp³-hybridized carbons (Fsp3) is 1.00. The molecular weight excluding hydrogens is 177 g/mol. The van der Waals surface area contributed by atoms with Crippen molar-refractivity contribution in [1.82, 2.24) is 0 Å². The Kier molecular flexibility index (Phi) is 3.25. The van der Waals surface area contributed by atoms with Crippen molar-refractivity contribution in [2.45, 2.75) is 6.82 Å². The van der Waals surface area contributed by atoms with Gasteiger partial charge in [0.15, 0.2) is 0 Å². The molecule has 0 saturated carbocycles. The first-order valence-electron chi connectivity index (χ1n) is 1.36. The number of rotatable bonds is 1. The van der Waals surface area contributed by atoms with Crippen LogP contribution < -0.4 is 0 Å². The molecule has 0 bridgehead atoms. The van der Waals surface area contributed by atoms with Crippen molar-refractivity contribution in [2.75, 3.05) is 0 Å². The summed E-state index contributed by atoms with van der Waals surface area (Å²) in [4.78, 5) is 0. The van der Waals surface area contributed by atoms with E-state index < -0.39 is 0 Å². The van der Waals surface area contributed by atoms with E-state index in [-0.39, 0.29) is 4.46 Å². The summed E-state index contributed by atoms with van der Waals surface area (Å²) in [5, 5.41) is 0. The van der Waals surface area contributed by atoms with Crippen LogP contribution in [-0.2, 0) is 4.70 Å². The maximum atomic E-state index is 9.50. The Morgan fingerprint density at radius 3 is 2.20 bits per heavy atom. The average molecular weight is 180 g/mol. The Hall–Kier alpha value is 0.660. The minimum atomic E-state index is 0.174. The van der Waals surface area contributed by atoms with Crippen molar-refractivity contribution in [3.63, 3.8) is 0 Å². The monoisotopic (exact) mass is 180 g/mol. The second-order valence-electron chi connectivity index (χ2n) is 0.814. The Bertz CT molecular complexity index is 36.6. The third-order valence-electron chi connectivity index (χ3n) is 0.188. The van der Waals surface area contributed by atoms with E-state index in [1.165, 1.54) is 0 Å². The van der Waals surface area contributed by atoms with E-state index >= 15 is 0 Å². The van der Waals surface area contributed by atoms with Crippen LogP contribution in [0.5, 0.6) is 0 Å². The van der Waals surface area contributed by atoms with Crippen molar-refractivity contribution in [3.8, 4) is 0 Å². The van der Waals surface area contributed by atoms with E-state index in [4.69, 9.17) is 0 Å². The van der Waals surface area contributed by atoms with Gasteiger partial charge in [-0.05, 0) is 0 Å². The molecule has 0 saturated heterocycles. The molecule has 1 nitrogen and oxygen atoms in total. The van der Waals surface area contributed by atoms with Crippen LogP contribution in [-0.4, -0.2) is 11.5 Å². The normalized spacial score (nSPS) is 6.00. The molecule has 0 rings (SSSR count). The van der Waals surface area contributed by atoms with E-state index in [1.54, 1.807) is 0 Å². The molecule has 0 spiro atoms. The Morgan fingerprint density at radius 1 is 2.00 bits per heavy atom. The summed E-state index contributed by atoms with van der Waals surface area (Å²) in [6.45, 7) is 1.84. The van der Waals surface area contributed by atoms with Gasteiger partial charge >= 0.3 is 45.4 Å². The number of hydrogen-bond acceptors (Lipinski definition) is 1. The zero-order valence-electron chi connectivity index (χ0n) is 2.94. The van der Waals surface area contributed by atoms with E-state index in [0.29, 0.717) is 0 Å². The van der Waals surface area contributed by atoms with Gasteiger partial charge in [-0.25, -0.2) is 0 Å². The molecule has 4 heteroatoms.